The molecule has 1 aliphatic rings. The molecule has 14 heavy (non-hydrogen) atoms. The second-order valence-corrected chi connectivity index (χ2v) is 2.75. The first kappa shape index (κ1) is 19.5. The summed E-state index contributed by atoms with van der Waals surface area (Å²) in [7, 11) is 4.25. The highest BCUT2D eigenvalue weighted by atomic mass is 16.5. The monoisotopic (exact) mass is 208 g/mol. The number of methoxy groups -OCH3 is 1. The van der Waals surface area contributed by atoms with Crippen LogP contribution >= 0.6 is 0 Å². The van der Waals surface area contributed by atoms with Crippen LogP contribution in [0.5, 0.6) is 0 Å². The Morgan fingerprint density at radius 1 is 1.14 bits per heavy atom. The molecule has 1 fully saturated rings. The Labute approximate surface area is 89.4 Å². The number of ether oxygens (including phenoxy) is 2. The predicted octanol–water partition coefficient (Wildman–Crippen LogP) is 2.33. The molecule has 0 amide bonds. The zero-order chi connectivity index (χ0) is 12.0. The van der Waals surface area contributed by atoms with Gasteiger partial charge in [0.2, 0.25) is 0 Å². The smallest absolute Gasteiger partial charge is 0.0573 e. The fraction of sp³-hybridized carbons (Fsp3) is 1.00. The average molecular weight is 208 g/mol. The summed E-state index contributed by atoms with van der Waals surface area (Å²) in [5.74, 6) is 0.792. The Kier molecular flexibility index (Phi) is 25.9. The van der Waals surface area contributed by atoms with Crippen molar-refractivity contribution in [2.45, 2.75) is 40.2 Å². The van der Waals surface area contributed by atoms with Crippen LogP contribution < -0.4 is 0 Å². The van der Waals surface area contributed by atoms with E-state index in [0.717, 1.165) is 19.6 Å². The van der Waals surface area contributed by atoms with Gasteiger partial charge in [-0.1, -0.05) is 20.8 Å². The van der Waals surface area contributed by atoms with E-state index in [1.54, 1.807) is 14.2 Å². The van der Waals surface area contributed by atoms with Crippen molar-refractivity contribution in [3.63, 3.8) is 0 Å². The van der Waals surface area contributed by atoms with Crippen LogP contribution in [0.2, 0.25) is 0 Å². The van der Waals surface area contributed by atoms with Crippen molar-refractivity contribution in [1.29, 1.82) is 0 Å². The number of hydrogen-bond donors (Lipinski definition) is 1. The van der Waals surface area contributed by atoms with E-state index in [0.29, 0.717) is 6.10 Å². The molecule has 0 aliphatic carbocycles. The van der Waals surface area contributed by atoms with Crippen LogP contribution in [0.15, 0.2) is 0 Å². The van der Waals surface area contributed by atoms with Gasteiger partial charge in [-0.15, -0.1) is 0 Å². The fourth-order valence-electron chi connectivity index (χ4n) is 0.839. The summed E-state index contributed by atoms with van der Waals surface area (Å²) < 4.78 is 9.52. The first-order chi connectivity index (χ1) is 6.72. The third kappa shape index (κ3) is 14.4. The van der Waals surface area contributed by atoms with E-state index in [1.807, 2.05) is 13.8 Å². The summed E-state index contributed by atoms with van der Waals surface area (Å²) in [5.41, 5.74) is 0. The zero-order valence-electron chi connectivity index (χ0n) is 10.8. The van der Waals surface area contributed by atoms with E-state index in [9.17, 15) is 0 Å². The normalized spacial score (nSPS) is 23.1. The molecule has 0 bridgehead atoms. The van der Waals surface area contributed by atoms with Crippen LogP contribution in [0, 0.1) is 5.92 Å². The molecule has 1 rings (SSSR count). The highest BCUT2D eigenvalue weighted by Crippen LogP contribution is 2.18. The summed E-state index contributed by atoms with van der Waals surface area (Å²) in [4.78, 5) is 0. The Bertz CT molecular complexity index is 68.9. The largest absolute Gasteiger partial charge is 0.400 e. The molecule has 0 spiro atoms. The first-order valence-electron chi connectivity index (χ1n) is 5.18. The molecule has 1 heterocycles. The third-order valence-electron chi connectivity index (χ3n) is 1.76. The second-order valence-electron chi connectivity index (χ2n) is 2.75. The van der Waals surface area contributed by atoms with Crippen LogP contribution in [0.1, 0.15) is 34.1 Å². The van der Waals surface area contributed by atoms with Crippen molar-refractivity contribution in [3.8, 4) is 0 Å². The lowest BCUT2D eigenvalue weighted by Crippen LogP contribution is -2.05. The summed E-state index contributed by atoms with van der Waals surface area (Å²) in [6, 6.07) is 0. The summed E-state index contributed by atoms with van der Waals surface area (Å²) in [6.07, 6.45) is 1.77. The number of rotatable bonds is 0. The standard InChI is InChI=1S/C6H12O.C2H6O.C2H6.CH4O/c1-5-3-4-7-6(5)2;1-3-2;2*1-2/h5-6H,3-4H2,1-2H3;1-2H3;1-2H3;2H,1H3. The Balaban J connectivity index is -0.000000148. The van der Waals surface area contributed by atoms with Gasteiger partial charge < -0.3 is 14.6 Å². The van der Waals surface area contributed by atoms with Gasteiger partial charge in [0.25, 0.3) is 0 Å². The molecule has 3 heteroatoms. The van der Waals surface area contributed by atoms with Gasteiger partial charge in [0.05, 0.1) is 6.10 Å². The van der Waals surface area contributed by atoms with Crippen LogP contribution in [0.25, 0.3) is 0 Å². The lowest BCUT2D eigenvalue weighted by Gasteiger charge is -2.04. The Morgan fingerprint density at radius 3 is 1.57 bits per heavy atom. The highest BCUT2D eigenvalue weighted by molar-refractivity contribution is 4.66. The van der Waals surface area contributed by atoms with Crippen molar-refractivity contribution < 1.29 is 14.6 Å². The number of hydrogen-bond acceptors (Lipinski definition) is 3. The molecule has 2 atom stereocenters. The van der Waals surface area contributed by atoms with Gasteiger partial charge in [-0.25, -0.2) is 0 Å². The van der Waals surface area contributed by atoms with Crippen LogP contribution in [0.3, 0.4) is 0 Å². The lowest BCUT2D eigenvalue weighted by atomic mass is 10.1. The van der Waals surface area contributed by atoms with Gasteiger partial charge in [0.1, 0.15) is 0 Å². The predicted molar refractivity (Wildman–Crippen MR) is 61.6 cm³/mol. The van der Waals surface area contributed by atoms with E-state index in [2.05, 4.69) is 18.6 Å². The van der Waals surface area contributed by atoms with Crippen molar-refractivity contribution in [2.24, 2.45) is 5.92 Å². The number of aliphatic hydroxyl groups excluding tert-OH is 1. The number of aliphatic hydroxyl groups is 1. The van der Waals surface area contributed by atoms with Gasteiger partial charge in [-0.2, -0.15) is 0 Å². The van der Waals surface area contributed by atoms with Gasteiger partial charge >= 0.3 is 0 Å². The SMILES string of the molecule is CC.CC1CCOC1C.CO.COC. The van der Waals surface area contributed by atoms with E-state index < -0.39 is 0 Å². The van der Waals surface area contributed by atoms with Crippen LogP contribution in [0.4, 0.5) is 0 Å². The minimum atomic E-state index is 0.514. The molecule has 1 saturated heterocycles. The van der Waals surface area contributed by atoms with Crippen molar-refractivity contribution in [2.75, 3.05) is 27.9 Å². The van der Waals surface area contributed by atoms with E-state index in [-0.39, 0.29) is 0 Å². The molecule has 3 nitrogen and oxygen atoms in total. The van der Waals surface area contributed by atoms with Gasteiger partial charge in [-0.3, -0.25) is 0 Å². The molecule has 1 N–H and O–H groups in total. The molecule has 0 saturated carbocycles. The zero-order valence-corrected chi connectivity index (χ0v) is 10.8. The topological polar surface area (TPSA) is 38.7 Å². The van der Waals surface area contributed by atoms with Gasteiger partial charge in [0, 0.05) is 27.9 Å². The minimum absolute atomic E-state index is 0.514. The van der Waals surface area contributed by atoms with Crippen molar-refractivity contribution in [3.05, 3.63) is 0 Å². The maximum Gasteiger partial charge on any atom is 0.0573 e. The van der Waals surface area contributed by atoms with E-state index in [1.165, 1.54) is 6.42 Å². The first-order valence-corrected chi connectivity index (χ1v) is 5.18. The van der Waals surface area contributed by atoms with Gasteiger partial charge in [0.15, 0.2) is 0 Å². The Morgan fingerprint density at radius 2 is 1.50 bits per heavy atom. The maximum absolute atomic E-state index is 7.00. The second kappa shape index (κ2) is 18.6. The Hall–Kier alpha value is -0.120. The summed E-state index contributed by atoms with van der Waals surface area (Å²) in [5, 5.41) is 7.00. The highest BCUT2D eigenvalue weighted by Gasteiger charge is 2.18. The molecular formula is C11H28O3. The quantitative estimate of drug-likeness (QED) is 0.664. The summed E-state index contributed by atoms with van der Waals surface area (Å²) >= 11 is 0. The molecule has 2 unspecified atom stereocenters. The van der Waals surface area contributed by atoms with Crippen LogP contribution in [-0.4, -0.2) is 39.1 Å². The van der Waals surface area contributed by atoms with E-state index >= 15 is 0 Å². The third-order valence-corrected chi connectivity index (χ3v) is 1.76. The van der Waals surface area contributed by atoms with E-state index in [4.69, 9.17) is 9.84 Å². The average Bonchev–Trinajstić information content (AvgIpc) is 2.59. The molecule has 0 aromatic heterocycles. The molecule has 1 aliphatic heterocycles. The fourth-order valence-corrected chi connectivity index (χ4v) is 0.839. The molecule has 0 radical (unpaired) electrons. The van der Waals surface area contributed by atoms with Gasteiger partial charge in [-0.05, 0) is 19.3 Å². The molecule has 90 valence electrons. The maximum atomic E-state index is 7.00. The van der Waals surface area contributed by atoms with Crippen LogP contribution in [-0.2, 0) is 9.47 Å². The van der Waals surface area contributed by atoms with Crippen molar-refractivity contribution in [1.82, 2.24) is 0 Å². The minimum Gasteiger partial charge on any atom is -0.400 e. The molecule has 0 aromatic carbocycles. The molecule has 0 aromatic rings. The molecular weight excluding hydrogens is 180 g/mol. The summed E-state index contributed by atoms with van der Waals surface area (Å²) in [6.45, 7) is 9.34. The lowest BCUT2D eigenvalue weighted by molar-refractivity contribution is 0.109. The van der Waals surface area contributed by atoms with Crippen molar-refractivity contribution >= 4 is 0 Å².